The van der Waals surface area contributed by atoms with Crippen molar-refractivity contribution in [1.29, 1.82) is 0 Å². The number of rotatable bonds is 6. The molecule has 0 spiro atoms. The van der Waals surface area contributed by atoms with Crippen molar-refractivity contribution in [2.45, 2.75) is 107 Å². The summed E-state index contributed by atoms with van der Waals surface area (Å²) < 4.78 is 6.33. The summed E-state index contributed by atoms with van der Waals surface area (Å²) >= 11 is 0. The van der Waals surface area contributed by atoms with Gasteiger partial charge >= 0.3 is 0 Å². The van der Waals surface area contributed by atoms with Crippen LogP contribution < -0.4 is 0 Å². The maximum absolute atomic E-state index is 6.33. The lowest BCUT2D eigenvalue weighted by Gasteiger charge is -2.57. The van der Waals surface area contributed by atoms with Crippen LogP contribution in [0.25, 0.3) is 67.3 Å². The van der Waals surface area contributed by atoms with Crippen LogP contribution in [0.3, 0.4) is 0 Å². The van der Waals surface area contributed by atoms with Gasteiger partial charge in [0.05, 0.1) is 11.4 Å². The minimum atomic E-state index is -0.0839. The first-order valence-corrected chi connectivity index (χ1v) is 24.0. The van der Waals surface area contributed by atoms with Gasteiger partial charge in [0, 0.05) is 27.7 Å². The Kier molecular flexibility index (Phi) is 7.51. The Bertz CT molecular complexity index is 2770. The molecule has 0 atom stereocenters. The number of aromatic nitrogens is 3. The van der Waals surface area contributed by atoms with E-state index in [2.05, 4.69) is 123 Å². The Morgan fingerprint density at radius 1 is 0.468 bits per heavy atom. The van der Waals surface area contributed by atoms with E-state index in [1.807, 2.05) is 0 Å². The van der Waals surface area contributed by atoms with Crippen molar-refractivity contribution >= 4 is 11.1 Å². The summed E-state index contributed by atoms with van der Waals surface area (Å²) in [4.78, 5) is 15.6. The first kappa shape index (κ1) is 36.2. The van der Waals surface area contributed by atoms with Gasteiger partial charge in [0.2, 0.25) is 0 Å². The first-order valence-electron chi connectivity index (χ1n) is 24.0. The Hall–Kier alpha value is -5.35. The van der Waals surface area contributed by atoms with Gasteiger partial charge in [-0.15, -0.1) is 0 Å². The third-order valence-electron chi connectivity index (χ3n) is 18.0. The number of benzene rings is 5. The molecule has 0 aliphatic heterocycles. The third kappa shape index (κ3) is 5.34. The summed E-state index contributed by atoms with van der Waals surface area (Å²) in [6, 6.07) is 41.4. The van der Waals surface area contributed by atoms with Crippen molar-refractivity contribution in [3.63, 3.8) is 0 Å². The van der Waals surface area contributed by atoms with Crippen LogP contribution in [-0.2, 0) is 16.2 Å². The van der Waals surface area contributed by atoms with Crippen LogP contribution in [0, 0.1) is 35.5 Å². The van der Waals surface area contributed by atoms with Gasteiger partial charge in [-0.2, -0.15) is 0 Å². The summed E-state index contributed by atoms with van der Waals surface area (Å²) in [6.07, 6.45) is 18.6. The molecule has 0 amide bonds. The molecule has 8 fully saturated rings. The molecule has 2 aromatic heterocycles. The van der Waals surface area contributed by atoms with Crippen molar-refractivity contribution in [1.82, 2.24) is 15.0 Å². The molecule has 308 valence electrons. The van der Waals surface area contributed by atoms with Gasteiger partial charge in [-0.05, 0) is 181 Å². The van der Waals surface area contributed by atoms with Crippen LogP contribution in [-0.4, -0.2) is 15.0 Å². The number of hydrogen-bond acceptors (Lipinski definition) is 4. The van der Waals surface area contributed by atoms with Crippen LogP contribution in [0.5, 0.6) is 0 Å². The number of hydrogen-bond donors (Lipinski definition) is 0. The van der Waals surface area contributed by atoms with Gasteiger partial charge < -0.3 is 4.42 Å². The SMILES string of the molecule is CC1(C)c2ccccc2-c2ccc(-c3ccc(-c4cc(-c5ccc(C67CC8CC(CC(C8)C6)C7)cc5)nc(-c5ccc(C67CC8CC(CC(C8)C6)C7)cc5)n4)c4ocnc34)cc21. The molecule has 0 unspecified atom stereocenters. The fourth-order valence-electron chi connectivity index (χ4n) is 16.0. The van der Waals surface area contributed by atoms with E-state index in [4.69, 9.17) is 19.4 Å². The zero-order valence-electron chi connectivity index (χ0n) is 36.2. The molecular weight excluding hydrogens is 755 g/mol. The van der Waals surface area contributed by atoms with Crippen LogP contribution in [0.4, 0.5) is 0 Å². The van der Waals surface area contributed by atoms with Crippen LogP contribution in [0.15, 0.2) is 120 Å². The van der Waals surface area contributed by atoms with Gasteiger partial charge in [0.1, 0.15) is 5.52 Å². The molecule has 8 bridgehead atoms. The van der Waals surface area contributed by atoms with Crippen molar-refractivity contribution in [3.8, 4) is 56.2 Å². The topological polar surface area (TPSA) is 51.8 Å². The second-order valence-corrected chi connectivity index (χ2v) is 22.1. The third-order valence-corrected chi connectivity index (χ3v) is 18.0. The normalized spacial score (nSPS) is 30.5. The number of fused-ring (bicyclic) bond motifs is 4. The van der Waals surface area contributed by atoms with E-state index in [-0.39, 0.29) is 5.41 Å². The summed E-state index contributed by atoms with van der Waals surface area (Å²) in [5.41, 5.74) is 17.9. The van der Waals surface area contributed by atoms with Gasteiger partial charge in [-0.1, -0.05) is 105 Å². The van der Waals surface area contributed by atoms with E-state index < -0.39 is 0 Å². The lowest BCUT2D eigenvalue weighted by molar-refractivity contribution is -0.00530. The fourth-order valence-corrected chi connectivity index (χ4v) is 16.0. The standard InChI is InChI=1S/C58H55N3O/c1-56(2)49-6-4-3-5-46(49)47-16-11-42(25-50(47)56)45-17-18-48(54-53(45)59-33-62-54)52-26-51(40-7-12-43(13-8-40)57-27-34-19-35(28-57)21-36(20-34)29-57)60-55(61-52)41-9-14-44(15-10-41)58-30-37-22-38(31-58)24-39(23-37)32-58/h3-18,25-26,33-39H,19-24,27-32H2,1-2H3. The molecule has 4 heteroatoms. The molecule has 0 N–H and O–H groups in total. The number of nitrogens with zero attached hydrogens (tertiary/aromatic N) is 3. The summed E-state index contributed by atoms with van der Waals surface area (Å²) in [7, 11) is 0. The average Bonchev–Trinajstić information content (AvgIpc) is 3.86. The molecule has 0 saturated heterocycles. The van der Waals surface area contributed by atoms with E-state index in [1.54, 1.807) is 12.0 Å². The molecule has 0 radical (unpaired) electrons. The highest BCUT2D eigenvalue weighted by Gasteiger charge is 2.53. The zero-order chi connectivity index (χ0) is 41.0. The largest absolute Gasteiger partial charge is 0.443 e. The zero-order valence-corrected chi connectivity index (χ0v) is 36.2. The van der Waals surface area contributed by atoms with Crippen LogP contribution in [0.2, 0.25) is 0 Å². The van der Waals surface area contributed by atoms with Crippen LogP contribution >= 0.6 is 0 Å². The quantitative estimate of drug-likeness (QED) is 0.168. The van der Waals surface area contributed by atoms with E-state index in [1.165, 1.54) is 105 Å². The molecular formula is C58H55N3O. The molecule has 62 heavy (non-hydrogen) atoms. The Labute approximate surface area is 365 Å². The molecule has 5 aromatic carbocycles. The van der Waals surface area contributed by atoms with Crippen molar-refractivity contribution in [3.05, 3.63) is 138 Å². The predicted molar refractivity (Wildman–Crippen MR) is 249 cm³/mol. The van der Waals surface area contributed by atoms with Crippen molar-refractivity contribution in [2.75, 3.05) is 0 Å². The van der Waals surface area contributed by atoms with Gasteiger partial charge in [0.15, 0.2) is 17.8 Å². The van der Waals surface area contributed by atoms with E-state index in [9.17, 15) is 0 Å². The lowest BCUT2D eigenvalue weighted by atomic mass is 9.48. The smallest absolute Gasteiger partial charge is 0.182 e. The molecule has 7 aromatic rings. The molecule has 2 heterocycles. The highest BCUT2D eigenvalue weighted by Crippen LogP contribution is 2.62. The van der Waals surface area contributed by atoms with Gasteiger partial charge in [0.25, 0.3) is 0 Å². The average molecular weight is 810 g/mol. The van der Waals surface area contributed by atoms with E-state index in [0.717, 1.165) is 91.6 Å². The summed E-state index contributed by atoms with van der Waals surface area (Å²) in [5.74, 6) is 6.29. The molecule has 9 aliphatic rings. The minimum Gasteiger partial charge on any atom is -0.443 e. The van der Waals surface area contributed by atoms with Crippen LogP contribution in [0.1, 0.15) is 113 Å². The maximum atomic E-state index is 6.33. The second-order valence-electron chi connectivity index (χ2n) is 22.1. The Balaban J connectivity index is 0.862. The lowest BCUT2D eigenvalue weighted by Crippen LogP contribution is -2.48. The highest BCUT2D eigenvalue weighted by molar-refractivity contribution is 6.00. The predicted octanol–water partition coefficient (Wildman–Crippen LogP) is 14.5. The first-order chi connectivity index (χ1) is 30.3. The minimum absolute atomic E-state index is 0.0839. The highest BCUT2D eigenvalue weighted by atomic mass is 16.3. The number of oxazole rings is 1. The van der Waals surface area contributed by atoms with Crippen molar-refractivity contribution < 1.29 is 4.42 Å². The fraction of sp³-hybridized carbons (Fsp3) is 0.397. The monoisotopic (exact) mass is 809 g/mol. The summed E-state index contributed by atoms with van der Waals surface area (Å²) in [6.45, 7) is 4.68. The van der Waals surface area contributed by atoms with Gasteiger partial charge in [-0.3, -0.25) is 0 Å². The van der Waals surface area contributed by atoms with Gasteiger partial charge in [-0.25, -0.2) is 15.0 Å². The summed E-state index contributed by atoms with van der Waals surface area (Å²) in [5, 5.41) is 0. The molecule has 9 aliphatic carbocycles. The van der Waals surface area contributed by atoms with Crippen molar-refractivity contribution in [2.24, 2.45) is 35.5 Å². The molecule has 4 nitrogen and oxygen atoms in total. The second kappa shape index (κ2) is 12.9. The Morgan fingerprint density at radius 2 is 0.968 bits per heavy atom. The Morgan fingerprint density at radius 3 is 1.58 bits per heavy atom. The van der Waals surface area contributed by atoms with E-state index in [0.29, 0.717) is 10.8 Å². The molecule has 16 rings (SSSR count). The van der Waals surface area contributed by atoms with E-state index >= 15 is 0 Å². The molecule has 8 saturated carbocycles. The maximum Gasteiger partial charge on any atom is 0.182 e.